The minimum absolute atomic E-state index is 0.0744. The van der Waals surface area contributed by atoms with Gasteiger partial charge in [-0.25, -0.2) is 0 Å². The minimum Gasteiger partial charge on any atom is -0.402 e. The van der Waals surface area contributed by atoms with E-state index in [-0.39, 0.29) is 11.5 Å². The maximum atomic E-state index is 8.87. The smallest absolute Gasteiger partial charge is 0.185 e. The first-order chi connectivity index (χ1) is 5.17. The van der Waals surface area contributed by atoms with E-state index < -0.39 is 8.32 Å². The van der Waals surface area contributed by atoms with E-state index in [9.17, 15) is 0 Å². The topological polar surface area (TPSA) is 33.0 Å². The zero-order valence-electron chi connectivity index (χ0n) is 8.93. The summed E-state index contributed by atoms with van der Waals surface area (Å²) in [4.78, 5) is 0. The second kappa shape index (κ2) is 3.59. The van der Waals surface area contributed by atoms with E-state index in [2.05, 4.69) is 25.7 Å². The molecule has 0 aromatic heterocycles. The Morgan fingerprint density at radius 1 is 1.25 bits per heavy atom. The van der Waals surface area contributed by atoms with Crippen LogP contribution in [0.2, 0.25) is 19.6 Å². The Labute approximate surface area is 76.7 Å². The Morgan fingerprint density at radius 3 is 1.75 bits per heavy atom. The highest BCUT2D eigenvalue weighted by Crippen LogP contribution is 2.24. The molecule has 0 rings (SSSR count). The van der Waals surface area contributed by atoms with E-state index in [1.807, 2.05) is 20.8 Å². The van der Waals surface area contributed by atoms with Crippen molar-refractivity contribution in [2.75, 3.05) is 0 Å². The third kappa shape index (κ3) is 4.53. The first-order valence-corrected chi connectivity index (χ1v) is 7.65. The zero-order valence-corrected chi connectivity index (χ0v) is 9.93. The summed E-state index contributed by atoms with van der Waals surface area (Å²) >= 11 is 0. The first-order valence-electron chi connectivity index (χ1n) is 4.24. The molecule has 0 saturated heterocycles. The molecule has 0 aromatic rings. The summed E-state index contributed by atoms with van der Waals surface area (Å²) in [5, 5.41) is 8.87. The third-order valence-corrected chi connectivity index (χ3v) is 2.32. The van der Waals surface area contributed by atoms with Gasteiger partial charge in [0.1, 0.15) is 6.10 Å². The lowest BCUT2D eigenvalue weighted by molar-refractivity contribution is 0.128. The van der Waals surface area contributed by atoms with Crippen molar-refractivity contribution in [3.8, 4) is 6.07 Å². The SMILES string of the molecule is CC(C)(C)[C@@H](C#N)O[Si](C)(C)C. The Morgan fingerprint density at radius 2 is 1.67 bits per heavy atom. The molecule has 0 N–H and O–H groups in total. The van der Waals surface area contributed by atoms with E-state index in [1.165, 1.54) is 0 Å². The van der Waals surface area contributed by atoms with Crippen molar-refractivity contribution in [1.29, 1.82) is 5.26 Å². The number of hydrogen-bond acceptors (Lipinski definition) is 2. The highest BCUT2D eigenvalue weighted by molar-refractivity contribution is 6.69. The minimum atomic E-state index is -1.57. The summed E-state index contributed by atoms with van der Waals surface area (Å²) in [6.45, 7) is 12.4. The second-order valence-corrected chi connectivity index (χ2v) is 9.57. The molecule has 1 atom stereocenters. The largest absolute Gasteiger partial charge is 0.402 e. The lowest BCUT2D eigenvalue weighted by Crippen LogP contribution is -2.38. The zero-order chi connectivity index (χ0) is 9.99. The van der Waals surface area contributed by atoms with E-state index >= 15 is 0 Å². The summed E-state index contributed by atoms with van der Waals surface area (Å²) < 4.78 is 5.73. The monoisotopic (exact) mass is 185 g/mol. The van der Waals surface area contributed by atoms with Crippen molar-refractivity contribution < 1.29 is 4.43 Å². The molecule has 0 aliphatic heterocycles. The molecule has 0 aromatic carbocycles. The molecule has 0 spiro atoms. The third-order valence-electron chi connectivity index (χ3n) is 1.38. The average Bonchev–Trinajstić information content (AvgIpc) is 1.78. The van der Waals surface area contributed by atoms with Crippen LogP contribution in [0.4, 0.5) is 0 Å². The van der Waals surface area contributed by atoms with Crippen molar-refractivity contribution in [3.05, 3.63) is 0 Å². The van der Waals surface area contributed by atoms with Crippen LogP contribution in [-0.4, -0.2) is 14.4 Å². The van der Waals surface area contributed by atoms with Crippen LogP contribution in [0.1, 0.15) is 20.8 Å². The fourth-order valence-electron chi connectivity index (χ4n) is 0.750. The fourth-order valence-corrected chi connectivity index (χ4v) is 1.86. The molecule has 3 heteroatoms. The molecule has 0 heterocycles. The molecular formula is C9H19NOSi. The van der Waals surface area contributed by atoms with Crippen LogP contribution in [0.5, 0.6) is 0 Å². The molecule has 0 saturated carbocycles. The molecule has 70 valence electrons. The van der Waals surface area contributed by atoms with Crippen molar-refractivity contribution in [3.63, 3.8) is 0 Å². The molecule has 0 amide bonds. The van der Waals surface area contributed by atoms with Gasteiger partial charge in [-0.1, -0.05) is 20.8 Å². The lowest BCUT2D eigenvalue weighted by Gasteiger charge is -2.30. The highest BCUT2D eigenvalue weighted by Gasteiger charge is 2.30. The molecule has 0 unspecified atom stereocenters. The standard InChI is InChI=1S/C9H19NOSi/c1-9(2,3)8(7-10)11-12(4,5)6/h8H,1-6H3/t8-/m1/s1. The Balaban J connectivity index is 4.33. The van der Waals surface area contributed by atoms with E-state index in [1.54, 1.807) is 0 Å². The van der Waals surface area contributed by atoms with Gasteiger partial charge < -0.3 is 4.43 Å². The van der Waals surface area contributed by atoms with Gasteiger partial charge in [-0.2, -0.15) is 5.26 Å². The summed E-state index contributed by atoms with van der Waals surface area (Å²) in [5.74, 6) is 0. The molecule has 0 bridgehead atoms. The normalized spacial score (nSPS) is 15.4. The van der Waals surface area contributed by atoms with Gasteiger partial charge in [-0.3, -0.25) is 0 Å². The van der Waals surface area contributed by atoms with Gasteiger partial charge >= 0.3 is 0 Å². The van der Waals surface area contributed by atoms with Crippen LogP contribution in [-0.2, 0) is 4.43 Å². The molecule has 0 radical (unpaired) electrons. The molecule has 0 fully saturated rings. The van der Waals surface area contributed by atoms with Crippen LogP contribution in [0.3, 0.4) is 0 Å². The van der Waals surface area contributed by atoms with Crippen molar-refractivity contribution >= 4 is 8.32 Å². The van der Waals surface area contributed by atoms with Crippen molar-refractivity contribution in [2.45, 2.75) is 46.5 Å². The van der Waals surface area contributed by atoms with Gasteiger partial charge in [0.05, 0.1) is 6.07 Å². The van der Waals surface area contributed by atoms with Crippen LogP contribution in [0.15, 0.2) is 0 Å². The Kier molecular flexibility index (Phi) is 3.49. The van der Waals surface area contributed by atoms with Crippen molar-refractivity contribution in [1.82, 2.24) is 0 Å². The van der Waals surface area contributed by atoms with Gasteiger partial charge in [-0.15, -0.1) is 0 Å². The molecule has 12 heavy (non-hydrogen) atoms. The first kappa shape index (κ1) is 11.7. The Bertz CT molecular complexity index is 182. The van der Waals surface area contributed by atoms with E-state index in [4.69, 9.17) is 9.69 Å². The van der Waals surface area contributed by atoms with Gasteiger partial charge in [-0.05, 0) is 19.6 Å². The fraction of sp³-hybridized carbons (Fsp3) is 0.889. The van der Waals surface area contributed by atoms with Crippen molar-refractivity contribution in [2.24, 2.45) is 5.41 Å². The number of nitriles is 1. The number of hydrogen-bond donors (Lipinski definition) is 0. The van der Waals surface area contributed by atoms with Gasteiger partial charge in [0.2, 0.25) is 0 Å². The molecule has 0 aliphatic rings. The quantitative estimate of drug-likeness (QED) is 0.620. The molecule has 2 nitrogen and oxygen atoms in total. The predicted octanol–water partition coefficient (Wildman–Crippen LogP) is 2.78. The molecule has 0 aliphatic carbocycles. The van der Waals surface area contributed by atoms with Crippen LogP contribution >= 0.6 is 0 Å². The van der Waals surface area contributed by atoms with E-state index in [0.29, 0.717) is 0 Å². The van der Waals surface area contributed by atoms with Gasteiger partial charge in [0, 0.05) is 5.41 Å². The summed E-state index contributed by atoms with van der Waals surface area (Å²) in [6.07, 6.45) is -0.274. The maximum Gasteiger partial charge on any atom is 0.185 e. The van der Waals surface area contributed by atoms with Crippen LogP contribution in [0, 0.1) is 16.7 Å². The van der Waals surface area contributed by atoms with Gasteiger partial charge in [0.25, 0.3) is 0 Å². The lowest BCUT2D eigenvalue weighted by atomic mass is 9.90. The molecular weight excluding hydrogens is 166 g/mol. The van der Waals surface area contributed by atoms with Crippen LogP contribution in [0.25, 0.3) is 0 Å². The number of rotatable bonds is 2. The number of nitrogens with zero attached hydrogens (tertiary/aromatic N) is 1. The van der Waals surface area contributed by atoms with Crippen LogP contribution < -0.4 is 0 Å². The second-order valence-electron chi connectivity index (χ2n) is 5.11. The summed E-state index contributed by atoms with van der Waals surface area (Å²) in [5.41, 5.74) is -0.0744. The summed E-state index contributed by atoms with van der Waals surface area (Å²) in [6, 6.07) is 2.21. The average molecular weight is 185 g/mol. The van der Waals surface area contributed by atoms with Gasteiger partial charge in [0.15, 0.2) is 8.32 Å². The summed E-state index contributed by atoms with van der Waals surface area (Å²) in [7, 11) is -1.57. The predicted molar refractivity (Wildman–Crippen MR) is 53.3 cm³/mol. The maximum absolute atomic E-state index is 8.87. The highest BCUT2D eigenvalue weighted by atomic mass is 28.4. The Hall–Kier alpha value is -0.333. The van der Waals surface area contributed by atoms with E-state index in [0.717, 1.165) is 0 Å².